The van der Waals surface area contributed by atoms with E-state index < -0.39 is 5.67 Å². The molecule has 6 heteroatoms. The molecule has 2 aromatic rings. The van der Waals surface area contributed by atoms with Crippen molar-refractivity contribution < 1.29 is 9.18 Å². The smallest absolute Gasteiger partial charge is 0.251 e. The van der Waals surface area contributed by atoms with Crippen LogP contribution in [0, 0.1) is 0 Å². The number of benzene rings is 1. The normalized spacial score (nSPS) is 11.2. The van der Waals surface area contributed by atoms with E-state index in [0.717, 1.165) is 10.8 Å². The van der Waals surface area contributed by atoms with Crippen LogP contribution in [0.2, 0.25) is 0 Å². The summed E-state index contributed by atoms with van der Waals surface area (Å²) in [5.74, 6) is -0.293. The second-order valence-electron chi connectivity index (χ2n) is 4.94. The van der Waals surface area contributed by atoms with Crippen LogP contribution in [-0.2, 0) is 0 Å². The highest BCUT2D eigenvalue weighted by Crippen LogP contribution is 2.19. The molecule has 0 unspecified atom stereocenters. The van der Waals surface area contributed by atoms with E-state index in [9.17, 15) is 9.18 Å². The van der Waals surface area contributed by atoms with Crippen molar-refractivity contribution in [1.82, 2.24) is 10.3 Å². The predicted molar refractivity (Wildman–Crippen MR) is 79.4 cm³/mol. The van der Waals surface area contributed by atoms with Gasteiger partial charge in [0.15, 0.2) is 5.13 Å². The molecule has 1 aromatic carbocycles. The van der Waals surface area contributed by atoms with Crippen LogP contribution in [0.4, 0.5) is 15.2 Å². The number of halogens is 1. The highest BCUT2D eigenvalue weighted by atomic mass is 32.1. The van der Waals surface area contributed by atoms with Crippen LogP contribution in [0.25, 0.3) is 0 Å². The van der Waals surface area contributed by atoms with E-state index in [4.69, 9.17) is 0 Å². The van der Waals surface area contributed by atoms with Crippen LogP contribution >= 0.6 is 11.3 Å². The number of anilines is 2. The van der Waals surface area contributed by atoms with Crippen molar-refractivity contribution in [3.05, 3.63) is 41.4 Å². The first-order chi connectivity index (χ1) is 9.44. The molecule has 20 heavy (non-hydrogen) atoms. The van der Waals surface area contributed by atoms with Gasteiger partial charge in [-0.05, 0) is 32.0 Å². The molecule has 1 aromatic heterocycles. The molecule has 0 spiro atoms. The summed E-state index contributed by atoms with van der Waals surface area (Å²) in [5, 5.41) is 8.30. The van der Waals surface area contributed by atoms with Crippen molar-refractivity contribution in [2.24, 2.45) is 0 Å². The van der Waals surface area contributed by atoms with Gasteiger partial charge in [-0.1, -0.05) is 6.07 Å². The highest BCUT2D eigenvalue weighted by molar-refractivity contribution is 7.13. The van der Waals surface area contributed by atoms with Gasteiger partial charge in [0.2, 0.25) is 0 Å². The van der Waals surface area contributed by atoms with Gasteiger partial charge in [-0.25, -0.2) is 9.37 Å². The van der Waals surface area contributed by atoms with Gasteiger partial charge >= 0.3 is 0 Å². The van der Waals surface area contributed by atoms with Gasteiger partial charge in [0.1, 0.15) is 5.67 Å². The molecular formula is C14H16FN3OS. The summed E-state index contributed by atoms with van der Waals surface area (Å²) in [6, 6.07) is 7.01. The zero-order valence-electron chi connectivity index (χ0n) is 11.3. The summed E-state index contributed by atoms with van der Waals surface area (Å²) in [6.07, 6.45) is 1.70. The molecule has 0 saturated heterocycles. The van der Waals surface area contributed by atoms with Crippen molar-refractivity contribution in [3.63, 3.8) is 0 Å². The third-order valence-electron chi connectivity index (χ3n) is 2.48. The summed E-state index contributed by atoms with van der Waals surface area (Å²) in [6.45, 7) is 2.83. The maximum atomic E-state index is 13.4. The van der Waals surface area contributed by atoms with E-state index >= 15 is 0 Å². The Labute approximate surface area is 121 Å². The first-order valence-electron chi connectivity index (χ1n) is 6.18. The number of nitrogens with zero attached hydrogens (tertiary/aromatic N) is 1. The number of nitrogens with one attached hydrogen (secondary N) is 2. The number of hydrogen-bond acceptors (Lipinski definition) is 4. The van der Waals surface area contributed by atoms with Gasteiger partial charge in [-0.2, -0.15) is 0 Å². The topological polar surface area (TPSA) is 54.0 Å². The Hall–Kier alpha value is -1.95. The second-order valence-corrected chi connectivity index (χ2v) is 5.84. The number of thiazole rings is 1. The van der Waals surface area contributed by atoms with Crippen LogP contribution in [0.5, 0.6) is 0 Å². The predicted octanol–water partition coefficient (Wildman–Crippen LogP) is 3.36. The number of amides is 1. The summed E-state index contributed by atoms with van der Waals surface area (Å²) in [7, 11) is 0. The summed E-state index contributed by atoms with van der Waals surface area (Å²) >= 11 is 1.47. The molecule has 0 radical (unpaired) electrons. The third-order valence-corrected chi connectivity index (χ3v) is 3.17. The van der Waals surface area contributed by atoms with Gasteiger partial charge < -0.3 is 10.6 Å². The molecule has 0 aliphatic carbocycles. The summed E-state index contributed by atoms with van der Waals surface area (Å²) in [4.78, 5) is 16.0. The number of carbonyl (C=O) groups excluding carboxylic acids is 1. The fourth-order valence-corrected chi connectivity index (χ4v) is 2.09. The average Bonchev–Trinajstić information content (AvgIpc) is 2.88. The van der Waals surface area contributed by atoms with Crippen molar-refractivity contribution >= 4 is 28.1 Å². The average molecular weight is 293 g/mol. The number of hydrogen-bond donors (Lipinski definition) is 2. The van der Waals surface area contributed by atoms with E-state index in [0.29, 0.717) is 5.56 Å². The number of alkyl halides is 1. The lowest BCUT2D eigenvalue weighted by Gasteiger charge is -2.15. The lowest BCUT2D eigenvalue weighted by Crippen LogP contribution is -2.35. The minimum absolute atomic E-state index is 0.0179. The molecular weight excluding hydrogens is 277 g/mol. The molecule has 0 saturated carbocycles. The molecule has 106 valence electrons. The minimum atomic E-state index is -1.42. The van der Waals surface area contributed by atoms with E-state index in [-0.39, 0.29) is 12.5 Å². The third kappa shape index (κ3) is 4.31. The van der Waals surface area contributed by atoms with Crippen LogP contribution in [0.15, 0.2) is 35.8 Å². The zero-order valence-corrected chi connectivity index (χ0v) is 12.1. The van der Waals surface area contributed by atoms with Gasteiger partial charge in [0.05, 0.1) is 6.54 Å². The Morgan fingerprint density at radius 2 is 2.25 bits per heavy atom. The standard InChI is InChI=1S/C14H16FN3OS/c1-14(2,15)9-17-12(19)10-4-3-5-11(8-10)18-13-16-6-7-20-13/h3-8H,9H2,1-2H3,(H,16,18)(H,17,19). The molecule has 2 N–H and O–H groups in total. The molecule has 0 aliphatic heterocycles. The first kappa shape index (κ1) is 14.5. The summed E-state index contributed by atoms with van der Waals surface area (Å²) < 4.78 is 13.4. The van der Waals surface area contributed by atoms with Crippen molar-refractivity contribution in [1.29, 1.82) is 0 Å². The summed E-state index contributed by atoms with van der Waals surface area (Å²) in [5.41, 5.74) is -0.171. The number of carbonyl (C=O) groups is 1. The SMILES string of the molecule is CC(C)(F)CNC(=O)c1cccc(Nc2nccs2)c1. The molecule has 1 heterocycles. The maximum Gasteiger partial charge on any atom is 0.251 e. The molecule has 2 rings (SSSR count). The van der Waals surface area contributed by atoms with Crippen molar-refractivity contribution in [3.8, 4) is 0 Å². The zero-order chi connectivity index (χ0) is 14.6. The molecule has 0 bridgehead atoms. The Morgan fingerprint density at radius 1 is 1.45 bits per heavy atom. The molecule has 0 atom stereocenters. The van der Waals surface area contributed by atoms with E-state index in [1.54, 1.807) is 24.4 Å². The lowest BCUT2D eigenvalue weighted by molar-refractivity contribution is 0.0920. The van der Waals surface area contributed by atoms with Gasteiger partial charge in [0.25, 0.3) is 5.91 Å². The van der Waals surface area contributed by atoms with Crippen molar-refractivity contribution in [2.45, 2.75) is 19.5 Å². The van der Waals surface area contributed by atoms with Gasteiger partial charge in [0, 0.05) is 22.8 Å². The molecule has 1 amide bonds. The Bertz CT molecular complexity index is 578. The number of rotatable bonds is 5. The molecule has 0 aliphatic rings. The minimum Gasteiger partial charge on any atom is -0.349 e. The maximum absolute atomic E-state index is 13.4. The van der Waals surface area contributed by atoms with E-state index in [1.807, 2.05) is 11.4 Å². The van der Waals surface area contributed by atoms with Crippen LogP contribution in [0.1, 0.15) is 24.2 Å². The second kappa shape index (κ2) is 6.00. The molecule has 0 fully saturated rings. The van der Waals surface area contributed by atoms with Crippen LogP contribution < -0.4 is 10.6 Å². The first-order valence-corrected chi connectivity index (χ1v) is 7.06. The number of aromatic nitrogens is 1. The van der Waals surface area contributed by atoms with E-state index in [1.165, 1.54) is 25.2 Å². The van der Waals surface area contributed by atoms with Crippen molar-refractivity contribution in [2.75, 3.05) is 11.9 Å². The van der Waals surface area contributed by atoms with Crippen LogP contribution in [-0.4, -0.2) is 23.1 Å². The fraction of sp³-hybridized carbons (Fsp3) is 0.286. The van der Waals surface area contributed by atoms with E-state index in [2.05, 4.69) is 15.6 Å². The van der Waals surface area contributed by atoms with Gasteiger partial charge in [-0.15, -0.1) is 11.3 Å². The lowest BCUT2D eigenvalue weighted by atomic mass is 10.1. The molecule has 4 nitrogen and oxygen atoms in total. The van der Waals surface area contributed by atoms with Gasteiger partial charge in [-0.3, -0.25) is 4.79 Å². The largest absolute Gasteiger partial charge is 0.349 e. The fourth-order valence-electron chi connectivity index (χ4n) is 1.54. The highest BCUT2D eigenvalue weighted by Gasteiger charge is 2.17. The Morgan fingerprint density at radius 3 is 2.90 bits per heavy atom. The Balaban J connectivity index is 2.03. The van der Waals surface area contributed by atoms with Crippen LogP contribution in [0.3, 0.4) is 0 Å². The quantitative estimate of drug-likeness (QED) is 0.888. The monoisotopic (exact) mass is 293 g/mol. The Kier molecular flexibility index (Phi) is 4.34.